The van der Waals surface area contributed by atoms with Crippen LogP contribution in [0, 0.1) is 20.8 Å². The number of hydrogen-bond acceptors (Lipinski definition) is 2. The van der Waals surface area contributed by atoms with Crippen LogP contribution in [0.5, 0.6) is 0 Å². The van der Waals surface area contributed by atoms with Crippen LogP contribution in [0.25, 0.3) is 11.1 Å². The summed E-state index contributed by atoms with van der Waals surface area (Å²) in [5.41, 5.74) is 5.45. The van der Waals surface area contributed by atoms with Crippen LogP contribution in [-0.4, -0.2) is 17.4 Å². The highest BCUT2D eigenvalue weighted by atomic mass is 16.4. The Morgan fingerprint density at radius 2 is 1.65 bits per heavy atom. The zero-order chi connectivity index (χ0) is 14.9. The number of aldehydes is 1. The Morgan fingerprint density at radius 1 is 1.05 bits per heavy atom. The van der Waals surface area contributed by atoms with Gasteiger partial charge in [-0.1, -0.05) is 29.8 Å². The van der Waals surface area contributed by atoms with Gasteiger partial charge in [0.15, 0.2) is 6.29 Å². The number of aryl methyl sites for hydroxylation is 3. The SMILES string of the molecule is Cc1cc(C)c(-c2ccc(C=O)c(C(=O)O)c2)c(C)c1. The van der Waals surface area contributed by atoms with E-state index in [0.29, 0.717) is 6.29 Å². The van der Waals surface area contributed by atoms with E-state index in [0.717, 1.165) is 22.3 Å². The Hall–Kier alpha value is -2.42. The van der Waals surface area contributed by atoms with Crippen LogP contribution in [0.1, 0.15) is 37.4 Å². The monoisotopic (exact) mass is 268 g/mol. The number of carboxylic acids is 1. The Labute approximate surface area is 117 Å². The normalized spacial score (nSPS) is 10.3. The second kappa shape index (κ2) is 5.29. The molecule has 0 bridgehead atoms. The van der Waals surface area contributed by atoms with Crippen molar-refractivity contribution in [3.05, 3.63) is 58.1 Å². The van der Waals surface area contributed by atoms with Gasteiger partial charge in [0.25, 0.3) is 0 Å². The first-order valence-electron chi connectivity index (χ1n) is 6.34. The summed E-state index contributed by atoms with van der Waals surface area (Å²) in [6.07, 6.45) is 0.572. The Bertz CT molecular complexity index is 676. The minimum atomic E-state index is -1.09. The van der Waals surface area contributed by atoms with E-state index in [1.165, 1.54) is 5.56 Å². The van der Waals surface area contributed by atoms with E-state index in [-0.39, 0.29) is 11.1 Å². The average molecular weight is 268 g/mol. The predicted molar refractivity (Wildman–Crippen MR) is 78.4 cm³/mol. The molecule has 0 fully saturated rings. The molecular formula is C17H16O3. The van der Waals surface area contributed by atoms with Crippen molar-refractivity contribution in [3.8, 4) is 11.1 Å². The largest absolute Gasteiger partial charge is 0.478 e. The van der Waals surface area contributed by atoms with Crippen molar-refractivity contribution < 1.29 is 14.7 Å². The van der Waals surface area contributed by atoms with Gasteiger partial charge in [-0.15, -0.1) is 0 Å². The van der Waals surface area contributed by atoms with E-state index in [1.54, 1.807) is 18.2 Å². The third-order valence-electron chi connectivity index (χ3n) is 3.38. The summed E-state index contributed by atoms with van der Waals surface area (Å²) in [4.78, 5) is 22.1. The maximum atomic E-state index is 11.2. The fourth-order valence-corrected chi connectivity index (χ4v) is 2.64. The van der Waals surface area contributed by atoms with Crippen LogP contribution in [0.3, 0.4) is 0 Å². The molecule has 0 heterocycles. The molecule has 0 unspecified atom stereocenters. The highest BCUT2D eigenvalue weighted by Crippen LogP contribution is 2.29. The number of benzene rings is 2. The molecule has 0 amide bonds. The molecule has 2 aromatic rings. The van der Waals surface area contributed by atoms with Gasteiger partial charge in [0.1, 0.15) is 0 Å². The van der Waals surface area contributed by atoms with Crippen LogP contribution in [0.4, 0.5) is 0 Å². The molecule has 0 aromatic heterocycles. The first kappa shape index (κ1) is 14.0. The second-order valence-corrected chi connectivity index (χ2v) is 5.00. The lowest BCUT2D eigenvalue weighted by Crippen LogP contribution is -2.02. The van der Waals surface area contributed by atoms with Crippen molar-refractivity contribution in [1.82, 2.24) is 0 Å². The standard InChI is InChI=1S/C17H16O3/c1-10-6-11(2)16(12(3)7-10)13-4-5-14(9-18)15(8-13)17(19)20/h4-9H,1-3H3,(H,19,20). The molecule has 2 aromatic carbocycles. The zero-order valence-corrected chi connectivity index (χ0v) is 11.7. The van der Waals surface area contributed by atoms with E-state index in [4.69, 9.17) is 0 Å². The third kappa shape index (κ3) is 2.48. The number of hydrogen-bond donors (Lipinski definition) is 1. The lowest BCUT2D eigenvalue weighted by Gasteiger charge is -2.13. The summed E-state index contributed by atoms with van der Waals surface area (Å²) in [5.74, 6) is -1.09. The third-order valence-corrected chi connectivity index (χ3v) is 3.38. The molecule has 0 aliphatic rings. The summed E-state index contributed by atoms with van der Waals surface area (Å²) >= 11 is 0. The minimum Gasteiger partial charge on any atom is -0.478 e. The summed E-state index contributed by atoms with van der Waals surface area (Å²) in [7, 11) is 0. The van der Waals surface area contributed by atoms with Gasteiger partial charge in [-0.3, -0.25) is 4.79 Å². The zero-order valence-electron chi connectivity index (χ0n) is 11.7. The summed E-state index contributed by atoms with van der Waals surface area (Å²) in [5, 5.41) is 9.19. The lowest BCUT2D eigenvalue weighted by atomic mass is 9.92. The molecule has 1 N–H and O–H groups in total. The Morgan fingerprint density at radius 3 is 2.15 bits per heavy atom. The summed E-state index contributed by atoms with van der Waals surface area (Å²) in [6.45, 7) is 6.04. The molecule has 2 rings (SSSR count). The van der Waals surface area contributed by atoms with Gasteiger partial charge in [0, 0.05) is 5.56 Å². The Balaban J connectivity index is 2.68. The predicted octanol–water partition coefficient (Wildman–Crippen LogP) is 3.79. The first-order valence-corrected chi connectivity index (χ1v) is 6.34. The average Bonchev–Trinajstić information content (AvgIpc) is 2.37. The van der Waals surface area contributed by atoms with Gasteiger partial charge in [-0.05, 0) is 49.1 Å². The molecule has 0 spiro atoms. The van der Waals surface area contributed by atoms with E-state index >= 15 is 0 Å². The van der Waals surface area contributed by atoms with Crippen molar-refractivity contribution >= 4 is 12.3 Å². The van der Waals surface area contributed by atoms with Gasteiger partial charge >= 0.3 is 5.97 Å². The van der Waals surface area contributed by atoms with E-state index in [2.05, 4.69) is 12.1 Å². The lowest BCUT2D eigenvalue weighted by molar-refractivity contribution is 0.0694. The van der Waals surface area contributed by atoms with Crippen molar-refractivity contribution in [2.75, 3.05) is 0 Å². The summed E-state index contributed by atoms with van der Waals surface area (Å²) in [6, 6.07) is 9.05. The number of carbonyl (C=O) groups excluding carboxylic acids is 1. The molecule has 102 valence electrons. The highest BCUT2D eigenvalue weighted by molar-refractivity contribution is 5.98. The number of carboxylic acid groups (broad SMARTS) is 1. The quantitative estimate of drug-likeness (QED) is 0.862. The molecule has 3 heteroatoms. The molecule has 0 saturated heterocycles. The van der Waals surface area contributed by atoms with Crippen molar-refractivity contribution in [2.24, 2.45) is 0 Å². The van der Waals surface area contributed by atoms with Crippen molar-refractivity contribution in [2.45, 2.75) is 20.8 Å². The van der Waals surface area contributed by atoms with E-state index in [9.17, 15) is 14.7 Å². The maximum absolute atomic E-state index is 11.2. The molecular weight excluding hydrogens is 252 g/mol. The van der Waals surface area contributed by atoms with Gasteiger partial charge in [-0.2, -0.15) is 0 Å². The first-order chi connectivity index (χ1) is 9.43. The van der Waals surface area contributed by atoms with Crippen LogP contribution in [0.15, 0.2) is 30.3 Å². The molecule has 0 radical (unpaired) electrons. The van der Waals surface area contributed by atoms with Gasteiger partial charge < -0.3 is 5.11 Å². The van der Waals surface area contributed by atoms with Gasteiger partial charge in [0.05, 0.1) is 5.56 Å². The van der Waals surface area contributed by atoms with Gasteiger partial charge in [-0.25, -0.2) is 4.79 Å². The molecule has 3 nitrogen and oxygen atoms in total. The van der Waals surface area contributed by atoms with Crippen molar-refractivity contribution in [3.63, 3.8) is 0 Å². The second-order valence-electron chi connectivity index (χ2n) is 5.00. The highest BCUT2D eigenvalue weighted by Gasteiger charge is 2.13. The van der Waals surface area contributed by atoms with Gasteiger partial charge in [0.2, 0.25) is 0 Å². The fraction of sp³-hybridized carbons (Fsp3) is 0.176. The fourth-order valence-electron chi connectivity index (χ4n) is 2.64. The topological polar surface area (TPSA) is 54.4 Å². The van der Waals surface area contributed by atoms with Crippen LogP contribution >= 0.6 is 0 Å². The number of rotatable bonds is 3. The van der Waals surface area contributed by atoms with Crippen LogP contribution < -0.4 is 0 Å². The summed E-state index contributed by atoms with van der Waals surface area (Å²) < 4.78 is 0. The molecule has 0 aliphatic carbocycles. The van der Waals surface area contributed by atoms with Crippen molar-refractivity contribution in [1.29, 1.82) is 0 Å². The number of carbonyl (C=O) groups is 2. The van der Waals surface area contributed by atoms with E-state index in [1.807, 2.05) is 20.8 Å². The maximum Gasteiger partial charge on any atom is 0.336 e. The molecule has 0 atom stereocenters. The Kier molecular flexibility index (Phi) is 3.70. The minimum absolute atomic E-state index is 0.0388. The smallest absolute Gasteiger partial charge is 0.336 e. The van der Waals surface area contributed by atoms with Crippen LogP contribution in [-0.2, 0) is 0 Å². The van der Waals surface area contributed by atoms with Crippen LogP contribution in [0.2, 0.25) is 0 Å². The molecule has 0 saturated carbocycles. The molecule has 20 heavy (non-hydrogen) atoms. The van der Waals surface area contributed by atoms with E-state index < -0.39 is 5.97 Å². The number of aromatic carboxylic acids is 1. The molecule has 0 aliphatic heterocycles.